The first-order chi connectivity index (χ1) is 12.3. The van der Waals surface area contributed by atoms with Crippen LogP contribution in [0.5, 0.6) is 5.75 Å². The topological polar surface area (TPSA) is 51.2 Å². The maximum atomic E-state index is 12.6. The Morgan fingerprint density at radius 1 is 1.15 bits per heavy atom. The first-order valence-corrected chi connectivity index (χ1v) is 9.86. The van der Waals surface area contributed by atoms with Gasteiger partial charge in [0.25, 0.3) is 5.91 Å². The largest absolute Gasteiger partial charge is 0.478 e. The number of amides is 1. The number of ether oxygens (including phenoxy) is 1. The molecule has 7 heteroatoms. The fourth-order valence-corrected chi connectivity index (χ4v) is 3.28. The average Bonchev–Trinajstić information content (AvgIpc) is 3.06. The lowest BCUT2D eigenvalue weighted by Crippen LogP contribution is -2.42. The lowest BCUT2D eigenvalue weighted by atomic mass is 10.1. The molecular formula is C19H16BrClN2O2S. The summed E-state index contributed by atoms with van der Waals surface area (Å²) in [5.41, 5.74) is 0.743. The number of thiazole rings is 1. The van der Waals surface area contributed by atoms with Crippen molar-refractivity contribution >= 4 is 49.9 Å². The second-order valence-electron chi connectivity index (χ2n) is 6.07. The number of rotatable bonds is 5. The van der Waals surface area contributed by atoms with Gasteiger partial charge in [-0.05, 0) is 50.2 Å². The third kappa shape index (κ3) is 4.63. The molecule has 0 aliphatic rings. The fraction of sp³-hybridized carbons (Fsp3) is 0.158. The molecule has 0 saturated heterocycles. The van der Waals surface area contributed by atoms with Crippen molar-refractivity contribution in [2.45, 2.75) is 19.4 Å². The number of anilines is 1. The van der Waals surface area contributed by atoms with Crippen molar-refractivity contribution in [3.63, 3.8) is 0 Å². The highest BCUT2D eigenvalue weighted by Crippen LogP contribution is 2.27. The minimum atomic E-state index is -1.06. The van der Waals surface area contributed by atoms with Gasteiger partial charge in [-0.25, -0.2) is 4.98 Å². The summed E-state index contributed by atoms with van der Waals surface area (Å²) < 4.78 is 6.80. The van der Waals surface area contributed by atoms with E-state index >= 15 is 0 Å². The molecule has 0 aliphatic carbocycles. The molecule has 3 rings (SSSR count). The zero-order valence-electron chi connectivity index (χ0n) is 14.1. The summed E-state index contributed by atoms with van der Waals surface area (Å²) in [7, 11) is 0. The number of nitrogens with one attached hydrogen (secondary N) is 1. The van der Waals surface area contributed by atoms with Crippen molar-refractivity contribution in [3.8, 4) is 17.0 Å². The third-order valence-corrected chi connectivity index (χ3v) is 5.14. The number of benzene rings is 2. The summed E-state index contributed by atoms with van der Waals surface area (Å²) in [5.74, 6) is 0.299. The normalized spacial score (nSPS) is 11.2. The fourth-order valence-electron chi connectivity index (χ4n) is 2.18. The molecule has 0 radical (unpaired) electrons. The van der Waals surface area contributed by atoms with Gasteiger partial charge in [-0.15, -0.1) is 11.3 Å². The molecule has 0 spiro atoms. The van der Waals surface area contributed by atoms with Gasteiger partial charge in [-0.1, -0.05) is 39.7 Å². The predicted molar refractivity (Wildman–Crippen MR) is 110 cm³/mol. The second kappa shape index (κ2) is 7.78. The molecule has 0 unspecified atom stereocenters. The molecule has 134 valence electrons. The van der Waals surface area contributed by atoms with Gasteiger partial charge in [0, 0.05) is 20.4 Å². The average molecular weight is 452 g/mol. The number of aromatic nitrogens is 1. The highest BCUT2D eigenvalue weighted by atomic mass is 79.9. The molecule has 0 atom stereocenters. The Balaban J connectivity index is 1.69. The van der Waals surface area contributed by atoms with E-state index < -0.39 is 5.60 Å². The molecule has 3 aromatic rings. The summed E-state index contributed by atoms with van der Waals surface area (Å²) in [5, 5.41) is 5.87. The monoisotopic (exact) mass is 450 g/mol. The Hall–Kier alpha value is -1.89. The van der Waals surface area contributed by atoms with Crippen LogP contribution in [0.1, 0.15) is 13.8 Å². The molecule has 2 aromatic carbocycles. The van der Waals surface area contributed by atoms with Gasteiger partial charge >= 0.3 is 0 Å². The minimum absolute atomic E-state index is 0.274. The van der Waals surface area contributed by atoms with Crippen LogP contribution in [0.4, 0.5) is 5.13 Å². The SMILES string of the molecule is CC(C)(Oc1ccc(Cl)cc1)C(=O)Nc1nc(-c2ccc(Br)cc2)cs1. The zero-order chi connectivity index (χ0) is 18.7. The Morgan fingerprint density at radius 2 is 1.81 bits per heavy atom. The van der Waals surface area contributed by atoms with Crippen molar-refractivity contribution in [1.82, 2.24) is 4.98 Å². The van der Waals surface area contributed by atoms with E-state index in [0.29, 0.717) is 15.9 Å². The van der Waals surface area contributed by atoms with Crippen LogP contribution in [0, 0.1) is 0 Å². The summed E-state index contributed by atoms with van der Waals surface area (Å²) in [6.45, 7) is 3.42. The van der Waals surface area contributed by atoms with Gasteiger partial charge in [0.2, 0.25) is 0 Å². The first-order valence-electron chi connectivity index (χ1n) is 7.81. The number of hydrogen-bond donors (Lipinski definition) is 1. The van der Waals surface area contributed by atoms with E-state index in [1.54, 1.807) is 38.1 Å². The van der Waals surface area contributed by atoms with Crippen LogP contribution in [0.25, 0.3) is 11.3 Å². The predicted octanol–water partition coefficient (Wildman–Crippen LogP) is 6.02. The van der Waals surface area contributed by atoms with Crippen LogP contribution >= 0.6 is 38.9 Å². The van der Waals surface area contributed by atoms with Gasteiger partial charge in [-0.2, -0.15) is 0 Å². The van der Waals surface area contributed by atoms with Crippen LogP contribution in [0.2, 0.25) is 5.02 Å². The number of carbonyl (C=O) groups excluding carboxylic acids is 1. The summed E-state index contributed by atoms with van der Waals surface area (Å²) in [4.78, 5) is 17.1. The van der Waals surface area contributed by atoms with Crippen LogP contribution in [-0.2, 0) is 4.79 Å². The van der Waals surface area contributed by atoms with Crippen molar-refractivity contribution in [2.24, 2.45) is 0 Å². The number of hydrogen-bond acceptors (Lipinski definition) is 4. The van der Waals surface area contributed by atoms with Crippen LogP contribution < -0.4 is 10.1 Å². The second-order valence-corrected chi connectivity index (χ2v) is 8.28. The van der Waals surface area contributed by atoms with Gasteiger partial charge < -0.3 is 4.74 Å². The maximum Gasteiger partial charge on any atom is 0.269 e. The van der Waals surface area contributed by atoms with E-state index in [1.807, 2.05) is 29.6 Å². The van der Waals surface area contributed by atoms with E-state index in [1.165, 1.54) is 11.3 Å². The molecule has 1 aromatic heterocycles. The highest BCUT2D eigenvalue weighted by Gasteiger charge is 2.30. The molecule has 0 fully saturated rings. The Morgan fingerprint density at radius 3 is 2.46 bits per heavy atom. The summed E-state index contributed by atoms with van der Waals surface area (Å²) >= 11 is 10.7. The first kappa shape index (κ1) is 18.9. The molecule has 0 bridgehead atoms. The molecule has 0 aliphatic heterocycles. The third-order valence-electron chi connectivity index (χ3n) is 3.60. The minimum Gasteiger partial charge on any atom is -0.478 e. The summed E-state index contributed by atoms with van der Waals surface area (Å²) in [6, 6.07) is 14.7. The van der Waals surface area contributed by atoms with Crippen LogP contribution in [0.3, 0.4) is 0 Å². The Labute approximate surface area is 169 Å². The van der Waals surface area contributed by atoms with E-state index in [9.17, 15) is 4.79 Å². The van der Waals surface area contributed by atoms with Gasteiger partial charge in [0.05, 0.1) is 5.69 Å². The smallest absolute Gasteiger partial charge is 0.269 e. The highest BCUT2D eigenvalue weighted by molar-refractivity contribution is 9.10. The number of carbonyl (C=O) groups is 1. The maximum absolute atomic E-state index is 12.6. The zero-order valence-corrected chi connectivity index (χ0v) is 17.3. The van der Waals surface area contributed by atoms with E-state index in [0.717, 1.165) is 15.7 Å². The molecule has 26 heavy (non-hydrogen) atoms. The molecular weight excluding hydrogens is 436 g/mol. The van der Waals surface area contributed by atoms with Crippen LogP contribution in [-0.4, -0.2) is 16.5 Å². The molecule has 1 heterocycles. The van der Waals surface area contributed by atoms with Crippen LogP contribution in [0.15, 0.2) is 58.4 Å². The Kier molecular flexibility index (Phi) is 5.65. The number of nitrogens with zero attached hydrogens (tertiary/aromatic N) is 1. The number of halogens is 2. The van der Waals surface area contributed by atoms with Crippen molar-refractivity contribution in [3.05, 3.63) is 63.4 Å². The molecule has 1 amide bonds. The molecule has 1 N–H and O–H groups in total. The van der Waals surface area contributed by atoms with E-state index in [2.05, 4.69) is 26.2 Å². The van der Waals surface area contributed by atoms with E-state index in [4.69, 9.17) is 16.3 Å². The summed E-state index contributed by atoms with van der Waals surface area (Å²) in [6.07, 6.45) is 0. The van der Waals surface area contributed by atoms with Crippen molar-refractivity contribution < 1.29 is 9.53 Å². The van der Waals surface area contributed by atoms with Gasteiger partial charge in [0.1, 0.15) is 5.75 Å². The van der Waals surface area contributed by atoms with Crippen molar-refractivity contribution in [2.75, 3.05) is 5.32 Å². The Bertz CT molecular complexity index is 908. The quantitative estimate of drug-likeness (QED) is 0.516. The molecule has 4 nitrogen and oxygen atoms in total. The lowest BCUT2D eigenvalue weighted by molar-refractivity contribution is -0.128. The lowest BCUT2D eigenvalue weighted by Gasteiger charge is -2.24. The standard InChI is InChI=1S/C19H16BrClN2O2S/c1-19(2,25-15-9-7-14(21)8-10-15)17(24)23-18-22-16(11-26-18)12-3-5-13(20)6-4-12/h3-11H,1-2H3,(H,22,23,24). The van der Waals surface area contributed by atoms with Gasteiger partial charge in [0.15, 0.2) is 10.7 Å². The van der Waals surface area contributed by atoms with Crippen molar-refractivity contribution in [1.29, 1.82) is 0 Å². The molecule has 0 saturated carbocycles. The van der Waals surface area contributed by atoms with E-state index in [-0.39, 0.29) is 5.91 Å². The van der Waals surface area contributed by atoms with Gasteiger partial charge in [-0.3, -0.25) is 10.1 Å².